The molecule has 0 fully saturated rings. The van der Waals surface area contributed by atoms with Crippen LogP contribution in [-0.4, -0.2) is 17.5 Å². The van der Waals surface area contributed by atoms with Gasteiger partial charge in [-0.25, -0.2) is 0 Å². The first kappa shape index (κ1) is 15.0. The number of carbonyl (C=O) groups excluding carboxylic acids is 1. The molecule has 0 heterocycles. The molecule has 0 aliphatic rings. The van der Waals surface area contributed by atoms with Crippen molar-refractivity contribution in [3.8, 4) is 0 Å². The topological polar surface area (TPSA) is 37.3 Å². The van der Waals surface area contributed by atoms with E-state index in [0.717, 1.165) is 24.0 Å². The standard InChI is InChI=1S/C16H14Cl2O2/c17-14-7-8-15(18)13(9-14)6-3-11-1-4-12(5-2-11)16(20)10-19/h1-2,4-5,7-9,19H,3,6,10H2. The van der Waals surface area contributed by atoms with Gasteiger partial charge in [-0.1, -0.05) is 47.5 Å². The van der Waals surface area contributed by atoms with Crippen LogP contribution in [-0.2, 0) is 12.8 Å². The summed E-state index contributed by atoms with van der Waals surface area (Å²) in [6.45, 7) is -0.461. The number of aliphatic hydroxyl groups excluding tert-OH is 1. The van der Waals surface area contributed by atoms with E-state index < -0.39 is 6.61 Å². The molecule has 0 aromatic heterocycles. The summed E-state index contributed by atoms with van der Waals surface area (Å²) < 4.78 is 0. The number of Topliss-reactive ketones (excluding diaryl/α,β-unsaturated/α-hetero) is 1. The molecule has 4 heteroatoms. The quantitative estimate of drug-likeness (QED) is 0.849. The summed E-state index contributed by atoms with van der Waals surface area (Å²) >= 11 is 12.1. The van der Waals surface area contributed by atoms with Crippen LogP contribution in [0.5, 0.6) is 0 Å². The third-order valence-electron chi connectivity index (χ3n) is 3.11. The third-order valence-corrected chi connectivity index (χ3v) is 3.71. The highest BCUT2D eigenvalue weighted by Gasteiger charge is 2.05. The average molecular weight is 309 g/mol. The zero-order valence-electron chi connectivity index (χ0n) is 10.8. The molecule has 0 saturated carbocycles. The van der Waals surface area contributed by atoms with Gasteiger partial charge < -0.3 is 5.11 Å². The Kier molecular flexibility index (Phi) is 5.18. The van der Waals surface area contributed by atoms with Crippen molar-refractivity contribution in [1.82, 2.24) is 0 Å². The summed E-state index contributed by atoms with van der Waals surface area (Å²) in [4.78, 5) is 11.3. The summed E-state index contributed by atoms with van der Waals surface area (Å²) in [5.41, 5.74) is 2.64. The molecule has 104 valence electrons. The molecule has 0 spiro atoms. The maximum absolute atomic E-state index is 11.3. The van der Waals surface area contributed by atoms with Crippen LogP contribution in [0.15, 0.2) is 42.5 Å². The van der Waals surface area contributed by atoms with Crippen molar-refractivity contribution in [2.24, 2.45) is 0 Å². The molecule has 0 unspecified atom stereocenters. The Morgan fingerprint density at radius 2 is 1.70 bits per heavy atom. The van der Waals surface area contributed by atoms with Crippen LogP contribution >= 0.6 is 23.2 Å². The molecule has 0 aliphatic heterocycles. The highest BCUT2D eigenvalue weighted by molar-refractivity contribution is 6.33. The molecule has 2 aromatic carbocycles. The van der Waals surface area contributed by atoms with E-state index in [1.807, 2.05) is 18.2 Å². The van der Waals surface area contributed by atoms with Gasteiger partial charge in [-0.05, 0) is 42.2 Å². The molecule has 20 heavy (non-hydrogen) atoms. The Balaban J connectivity index is 2.04. The van der Waals surface area contributed by atoms with Crippen LogP contribution in [0.3, 0.4) is 0 Å². The van der Waals surface area contributed by atoms with E-state index in [9.17, 15) is 4.79 Å². The first-order valence-corrected chi connectivity index (χ1v) is 7.02. The molecule has 2 nitrogen and oxygen atoms in total. The van der Waals surface area contributed by atoms with Crippen molar-refractivity contribution >= 4 is 29.0 Å². The molecule has 0 radical (unpaired) electrons. The lowest BCUT2D eigenvalue weighted by molar-refractivity contribution is 0.0903. The van der Waals surface area contributed by atoms with E-state index in [0.29, 0.717) is 15.6 Å². The van der Waals surface area contributed by atoms with Gasteiger partial charge in [0.2, 0.25) is 0 Å². The number of aliphatic hydroxyl groups is 1. The van der Waals surface area contributed by atoms with Crippen LogP contribution in [0.4, 0.5) is 0 Å². The molecular formula is C16H14Cl2O2. The van der Waals surface area contributed by atoms with Crippen LogP contribution in [0.25, 0.3) is 0 Å². The van der Waals surface area contributed by atoms with Gasteiger partial charge in [0, 0.05) is 15.6 Å². The second-order valence-corrected chi connectivity index (χ2v) is 5.36. The molecular weight excluding hydrogens is 295 g/mol. The van der Waals surface area contributed by atoms with Crippen LogP contribution in [0.2, 0.25) is 10.0 Å². The van der Waals surface area contributed by atoms with Crippen LogP contribution < -0.4 is 0 Å². The SMILES string of the molecule is O=C(CO)c1ccc(CCc2cc(Cl)ccc2Cl)cc1. The van der Waals surface area contributed by atoms with E-state index >= 15 is 0 Å². The van der Waals surface area contributed by atoms with Crippen LogP contribution in [0, 0.1) is 0 Å². The predicted octanol–water partition coefficient (Wildman–Crippen LogP) is 3.95. The fraction of sp³-hybridized carbons (Fsp3) is 0.188. The molecule has 2 aromatic rings. The van der Waals surface area contributed by atoms with Gasteiger partial charge >= 0.3 is 0 Å². The van der Waals surface area contributed by atoms with Crippen molar-refractivity contribution in [2.45, 2.75) is 12.8 Å². The van der Waals surface area contributed by atoms with Crippen LogP contribution in [0.1, 0.15) is 21.5 Å². The first-order valence-electron chi connectivity index (χ1n) is 6.27. The van der Waals surface area contributed by atoms with E-state index in [2.05, 4.69) is 0 Å². The molecule has 0 saturated heterocycles. The van der Waals surface area contributed by atoms with E-state index in [1.54, 1.807) is 24.3 Å². The predicted molar refractivity (Wildman–Crippen MR) is 81.7 cm³/mol. The number of carbonyl (C=O) groups is 1. The molecule has 0 bridgehead atoms. The minimum Gasteiger partial charge on any atom is -0.388 e. The summed E-state index contributed by atoms with van der Waals surface area (Å²) in [6.07, 6.45) is 1.60. The van der Waals surface area contributed by atoms with Crippen molar-refractivity contribution < 1.29 is 9.90 Å². The average Bonchev–Trinajstić information content (AvgIpc) is 2.48. The van der Waals surface area contributed by atoms with Crippen molar-refractivity contribution in [3.05, 3.63) is 69.2 Å². The Morgan fingerprint density at radius 1 is 1.00 bits per heavy atom. The first-order chi connectivity index (χ1) is 9.60. The van der Waals surface area contributed by atoms with Gasteiger partial charge in [-0.15, -0.1) is 0 Å². The van der Waals surface area contributed by atoms with E-state index in [1.165, 1.54) is 0 Å². The monoisotopic (exact) mass is 308 g/mol. The molecule has 0 atom stereocenters. The number of benzene rings is 2. The van der Waals surface area contributed by atoms with Gasteiger partial charge in [0.1, 0.15) is 6.61 Å². The molecule has 0 amide bonds. The highest BCUT2D eigenvalue weighted by Crippen LogP contribution is 2.22. The highest BCUT2D eigenvalue weighted by atomic mass is 35.5. The minimum absolute atomic E-state index is 0.269. The lowest BCUT2D eigenvalue weighted by Gasteiger charge is -2.06. The van der Waals surface area contributed by atoms with E-state index in [-0.39, 0.29) is 5.78 Å². The number of halogens is 2. The number of hydrogen-bond acceptors (Lipinski definition) is 2. The zero-order chi connectivity index (χ0) is 14.5. The lowest BCUT2D eigenvalue weighted by Crippen LogP contribution is -2.04. The number of ketones is 1. The van der Waals surface area contributed by atoms with Gasteiger partial charge in [0.15, 0.2) is 5.78 Å². The zero-order valence-corrected chi connectivity index (χ0v) is 12.3. The fourth-order valence-corrected chi connectivity index (χ4v) is 2.37. The Hall–Kier alpha value is -1.35. The third kappa shape index (κ3) is 3.83. The fourth-order valence-electron chi connectivity index (χ4n) is 1.96. The number of hydrogen-bond donors (Lipinski definition) is 1. The maximum atomic E-state index is 11.3. The summed E-state index contributed by atoms with van der Waals surface area (Å²) in [5.74, 6) is -0.269. The summed E-state index contributed by atoms with van der Waals surface area (Å²) in [7, 11) is 0. The van der Waals surface area contributed by atoms with Gasteiger partial charge in [-0.3, -0.25) is 4.79 Å². The van der Waals surface area contributed by atoms with E-state index in [4.69, 9.17) is 28.3 Å². The molecule has 1 N–H and O–H groups in total. The van der Waals surface area contributed by atoms with Gasteiger partial charge in [0.05, 0.1) is 0 Å². The van der Waals surface area contributed by atoms with Crippen molar-refractivity contribution in [1.29, 1.82) is 0 Å². The normalized spacial score (nSPS) is 10.6. The Labute approximate surface area is 128 Å². The van der Waals surface area contributed by atoms with Gasteiger partial charge in [-0.2, -0.15) is 0 Å². The maximum Gasteiger partial charge on any atom is 0.188 e. The smallest absolute Gasteiger partial charge is 0.188 e. The molecule has 2 rings (SSSR count). The van der Waals surface area contributed by atoms with Crippen molar-refractivity contribution in [3.63, 3.8) is 0 Å². The Bertz CT molecular complexity index is 606. The second kappa shape index (κ2) is 6.89. The number of rotatable bonds is 5. The molecule has 0 aliphatic carbocycles. The summed E-state index contributed by atoms with van der Waals surface area (Å²) in [5, 5.41) is 10.2. The van der Waals surface area contributed by atoms with Crippen molar-refractivity contribution in [2.75, 3.05) is 6.61 Å². The lowest BCUT2D eigenvalue weighted by atomic mass is 10.0. The Morgan fingerprint density at radius 3 is 2.35 bits per heavy atom. The largest absolute Gasteiger partial charge is 0.388 e. The minimum atomic E-state index is -0.461. The summed E-state index contributed by atoms with van der Waals surface area (Å²) in [6, 6.07) is 12.7. The second-order valence-electron chi connectivity index (χ2n) is 4.51. The van der Waals surface area contributed by atoms with Gasteiger partial charge in [0.25, 0.3) is 0 Å². The number of aryl methyl sites for hydroxylation is 2.